The number of rotatable bonds is 7. The third-order valence-corrected chi connectivity index (χ3v) is 4.24. The van der Waals surface area contributed by atoms with Gasteiger partial charge in [-0.25, -0.2) is 0 Å². The first-order chi connectivity index (χ1) is 9.02. The first kappa shape index (κ1) is 16.0. The highest BCUT2D eigenvalue weighted by Crippen LogP contribution is 2.32. The van der Waals surface area contributed by atoms with Gasteiger partial charge in [0.1, 0.15) is 0 Å². The standard InChI is InChI=1S/C14H26N2O3/c1-3-14(6-9-15-10-7-14)13(19)16-8-4-5-11(2)12(17)18/h11,15H,3-10H2,1-2H3,(H,16,19)(H,17,18). The van der Waals surface area contributed by atoms with E-state index < -0.39 is 5.97 Å². The van der Waals surface area contributed by atoms with Crippen LogP contribution in [0, 0.1) is 11.3 Å². The molecule has 1 unspecified atom stereocenters. The van der Waals surface area contributed by atoms with Crippen LogP contribution < -0.4 is 10.6 Å². The molecule has 19 heavy (non-hydrogen) atoms. The summed E-state index contributed by atoms with van der Waals surface area (Å²) in [5, 5.41) is 15.0. The molecule has 0 aliphatic carbocycles. The fourth-order valence-corrected chi connectivity index (χ4v) is 2.57. The van der Waals surface area contributed by atoms with Crippen LogP contribution in [-0.2, 0) is 9.59 Å². The van der Waals surface area contributed by atoms with Crippen LogP contribution in [0.3, 0.4) is 0 Å². The van der Waals surface area contributed by atoms with Gasteiger partial charge in [-0.05, 0) is 45.2 Å². The van der Waals surface area contributed by atoms with Gasteiger partial charge in [-0.2, -0.15) is 0 Å². The van der Waals surface area contributed by atoms with Gasteiger partial charge in [-0.3, -0.25) is 9.59 Å². The van der Waals surface area contributed by atoms with Crippen LogP contribution in [0.15, 0.2) is 0 Å². The molecule has 1 saturated heterocycles. The molecule has 0 radical (unpaired) electrons. The molecular weight excluding hydrogens is 244 g/mol. The number of hydrogen-bond acceptors (Lipinski definition) is 3. The van der Waals surface area contributed by atoms with Gasteiger partial charge in [0.05, 0.1) is 11.3 Å². The summed E-state index contributed by atoms with van der Waals surface area (Å²) in [5.74, 6) is -0.967. The lowest BCUT2D eigenvalue weighted by molar-refractivity contribution is -0.141. The average Bonchev–Trinajstić information content (AvgIpc) is 2.43. The van der Waals surface area contributed by atoms with Crippen molar-refractivity contribution in [3.63, 3.8) is 0 Å². The number of hydrogen-bond donors (Lipinski definition) is 3. The summed E-state index contributed by atoms with van der Waals surface area (Å²) in [6, 6.07) is 0. The van der Waals surface area contributed by atoms with Crippen molar-refractivity contribution >= 4 is 11.9 Å². The lowest BCUT2D eigenvalue weighted by Gasteiger charge is -2.35. The summed E-state index contributed by atoms with van der Waals surface area (Å²) < 4.78 is 0. The maximum absolute atomic E-state index is 12.3. The number of carboxylic acids is 1. The molecule has 0 bridgehead atoms. The van der Waals surface area contributed by atoms with Crippen LogP contribution in [0.5, 0.6) is 0 Å². The second-order valence-corrected chi connectivity index (χ2v) is 5.52. The van der Waals surface area contributed by atoms with E-state index in [-0.39, 0.29) is 17.2 Å². The molecule has 0 aromatic rings. The van der Waals surface area contributed by atoms with Crippen molar-refractivity contribution in [2.75, 3.05) is 19.6 Å². The monoisotopic (exact) mass is 270 g/mol. The largest absolute Gasteiger partial charge is 0.481 e. The van der Waals surface area contributed by atoms with E-state index in [2.05, 4.69) is 17.6 Å². The summed E-state index contributed by atoms with van der Waals surface area (Å²) in [7, 11) is 0. The summed E-state index contributed by atoms with van der Waals surface area (Å²) >= 11 is 0. The molecule has 110 valence electrons. The van der Waals surface area contributed by atoms with Crippen molar-refractivity contribution in [3.8, 4) is 0 Å². The number of carbonyl (C=O) groups is 2. The molecule has 5 heteroatoms. The highest BCUT2D eigenvalue weighted by atomic mass is 16.4. The van der Waals surface area contributed by atoms with Crippen molar-refractivity contribution in [1.82, 2.24) is 10.6 Å². The van der Waals surface area contributed by atoms with Gasteiger partial charge >= 0.3 is 5.97 Å². The summed E-state index contributed by atoms with van der Waals surface area (Å²) in [6.45, 7) is 6.14. The average molecular weight is 270 g/mol. The first-order valence-electron chi connectivity index (χ1n) is 7.23. The molecule has 1 rings (SSSR count). The third kappa shape index (κ3) is 4.49. The van der Waals surface area contributed by atoms with Crippen LogP contribution in [-0.4, -0.2) is 36.6 Å². The van der Waals surface area contributed by atoms with Crippen molar-refractivity contribution in [2.45, 2.75) is 46.0 Å². The van der Waals surface area contributed by atoms with Crippen LogP contribution in [0.4, 0.5) is 0 Å². The zero-order chi connectivity index (χ0) is 14.3. The molecule has 0 saturated carbocycles. The van der Waals surface area contributed by atoms with E-state index in [9.17, 15) is 9.59 Å². The van der Waals surface area contributed by atoms with Crippen LogP contribution in [0.25, 0.3) is 0 Å². The Bertz CT molecular complexity index is 312. The second-order valence-electron chi connectivity index (χ2n) is 5.52. The molecule has 1 amide bonds. The Kier molecular flexibility index (Phi) is 6.28. The Morgan fingerprint density at radius 2 is 2.00 bits per heavy atom. The van der Waals surface area contributed by atoms with E-state index in [1.54, 1.807) is 6.92 Å². The number of amides is 1. The molecule has 1 aliphatic heterocycles. The maximum Gasteiger partial charge on any atom is 0.306 e. The summed E-state index contributed by atoms with van der Waals surface area (Å²) in [4.78, 5) is 23.0. The van der Waals surface area contributed by atoms with Crippen LogP contribution in [0.1, 0.15) is 46.0 Å². The summed E-state index contributed by atoms with van der Waals surface area (Å²) in [6.07, 6.45) is 3.97. The van der Waals surface area contributed by atoms with Crippen molar-refractivity contribution in [1.29, 1.82) is 0 Å². The highest BCUT2D eigenvalue weighted by molar-refractivity contribution is 5.82. The topological polar surface area (TPSA) is 78.4 Å². The smallest absolute Gasteiger partial charge is 0.306 e. The minimum absolute atomic E-state index is 0.138. The molecule has 1 atom stereocenters. The molecular formula is C14H26N2O3. The number of aliphatic carboxylic acids is 1. The Labute approximate surface area is 115 Å². The molecule has 1 fully saturated rings. The minimum Gasteiger partial charge on any atom is -0.481 e. The fraction of sp³-hybridized carbons (Fsp3) is 0.857. The Morgan fingerprint density at radius 1 is 1.37 bits per heavy atom. The van der Waals surface area contributed by atoms with Gasteiger partial charge < -0.3 is 15.7 Å². The van der Waals surface area contributed by atoms with Crippen molar-refractivity contribution in [3.05, 3.63) is 0 Å². The Hall–Kier alpha value is -1.10. The lowest BCUT2D eigenvalue weighted by atomic mass is 9.76. The zero-order valence-electron chi connectivity index (χ0n) is 12.0. The van der Waals surface area contributed by atoms with Gasteiger partial charge in [0.15, 0.2) is 0 Å². The predicted molar refractivity (Wildman–Crippen MR) is 73.9 cm³/mol. The molecule has 1 aliphatic rings. The fourth-order valence-electron chi connectivity index (χ4n) is 2.57. The normalized spacial score (nSPS) is 19.7. The van der Waals surface area contributed by atoms with Crippen molar-refractivity contribution < 1.29 is 14.7 Å². The van der Waals surface area contributed by atoms with Crippen molar-refractivity contribution in [2.24, 2.45) is 11.3 Å². The van der Waals surface area contributed by atoms with Gasteiger partial charge in [0.2, 0.25) is 5.91 Å². The number of carboxylic acid groups (broad SMARTS) is 1. The second kappa shape index (κ2) is 7.48. The lowest BCUT2D eigenvalue weighted by Crippen LogP contribution is -2.47. The molecule has 5 nitrogen and oxygen atoms in total. The quantitative estimate of drug-likeness (QED) is 0.611. The first-order valence-corrected chi connectivity index (χ1v) is 7.23. The summed E-state index contributed by atoms with van der Waals surface area (Å²) in [5.41, 5.74) is -0.219. The molecule has 0 aromatic heterocycles. The van der Waals surface area contributed by atoms with E-state index in [1.165, 1.54) is 0 Å². The van der Waals surface area contributed by atoms with E-state index >= 15 is 0 Å². The van der Waals surface area contributed by atoms with Gasteiger partial charge in [0, 0.05) is 6.54 Å². The van der Waals surface area contributed by atoms with Gasteiger partial charge in [-0.1, -0.05) is 13.8 Å². The molecule has 3 N–H and O–H groups in total. The van der Waals surface area contributed by atoms with Gasteiger partial charge in [0.25, 0.3) is 0 Å². The predicted octanol–water partition coefficient (Wildman–Crippen LogP) is 1.38. The maximum atomic E-state index is 12.3. The number of piperidine rings is 1. The number of carbonyl (C=O) groups excluding carboxylic acids is 1. The van der Waals surface area contributed by atoms with E-state index in [4.69, 9.17) is 5.11 Å². The molecule has 0 aromatic carbocycles. The third-order valence-electron chi connectivity index (χ3n) is 4.24. The van der Waals surface area contributed by atoms with E-state index in [0.717, 1.165) is 38.8 Å². The molecule has 1 heterocycles. The Morgan fingerprint density at radius 3 is 2.53 bits per heavy atom. The van der Waals surface area contributed by atoms with E-state index in [0.29, 0.717) is 13.0 Å². The van der Waals surface area contributed by atoms with Gasteiger partial charge in [-0.15, -0.1) is 0 Å². The SMILES string of the molecule is CCC1(C(=O)NCCCC(C)C(=O)O)CCNCC1. The molecule has 0 spiro atoms. The minimum atomic E-state index is -0.769. The van der Waals surface area contributed by atoms with E-state index in [1.807, 2.05) is 0 Å². The number of nitrogens with one attached hydrogen (secondary N) is 2. The Balaban J connectivity index is 2.31. The zero-order valence-corrected chi connectivity index (χ0v) is 12.0. The van der Waals surface area contributed by atoms with Crippen LogP contribution >= 0.6 is 0 Å². The van der Waals surface area contributed by atoms with Crippen LogP contribution in [0.2, 0.25) is 0 Å². The highest BCUT2D eigenvalue weighted by Gasteiger charge is 2.37.